The van der Waals surface area contributed by atoms with E-state index in [0.717, 1.165) is 11.8 Å². The van der Waals surface area contributed by atoms with Crippen molar-refractivity contribution in [2.75, 3.05) is 0 Å². The summed E-state index contributed by atoms with van der Waals surface area (Å²) in [6, 6.07) is 0. The maximum atomic E-state index is 2.35. The monoisotopic (exact) mass is 126 g/mol. The Morgan fingerprint density at radius 2 is 1.56 bits per heavy atom. The van der Waals surface area contributed by atoms with Crippen molar-refractivity contribution in [2.24, 2.45) is 17.3 Å². The molecule has 1 aliphatic carbocycles. The van der Waals surface area contributed by atoms with Gasteiger partial charge in [-0.1, -0.05) is 27.7 Å². The lowest BCUT2D eigenvalue weighted by Gasteiger charge is -2.42. The number of hydrogen-bond donors (Lipinski definition) is 0. The van der Waals surface area contributed by atoms with Crippen LogP contribution in [0.5, 0.6) is 0 Å². The fourth-order valence-electron chi connectivity index (χ4n) is 1.61. The highest BCUT2D eigenvalue weighted by molar-refractivity contribution is 4.84. The molecule has 0 atom stereocenters. The largest absolute Gasteiger partial charge is 0.0625 e. The summed E-state index contributed by atoms with van der Waals surface area (Å²) in [6.45, 7) is 9.40. The van der Waals surface area contributed by atoms with Crippen LogP contribution in [0.2, 0.25) is 0 Å². The highest BCUT2D eigenvalue weighted by Crippen LogP contribution is 2.44. The molecule has 1 rings (SSSR count). The van der Waals surface area contributed by atoms with Gasteiger partial charge in [0.25, 0.3) is 0 Å². The molecule has 1 saturated carbocycles. The molecule has 0 spiro atoms. The molecule has 0 aromatic carbocycles. The van der Waals surface area contributed by atoms with Crippen LogP contribution in [0.4, 0.5) is 0 Å². The van der Waals surface area contributed by atoms with E-state index >= 15 is 0 Å². The van der Waals surface area contributed by atoms with Gasteiger partial charge in [-0.3, -0.25) is 0 Å². The Morgan fingerprint density at radius 3 is 1.67 bits per heavy atom. The Kier molecular flexibility index (Phi) is 1.58. The van der Waals surface area contributed by atoms with E-state index in [1.807, 2.05) is 0 Å². The first-order chi connectivity index (χ1) is 4.00. The third-order valence-electron chi connectivity index (χ3n) is 2.60. The summed E-state index contributed by atoms with van der Waals surface area (Å²) in [7, 11) is 0. The van der Waals surface area contributed by atoms with Crippen LogP contribution >= 0.6 is 0 Å². The first kappa shape index (κ1) is 7.11. The normalized spacial score (nSPS) is 36.0. The first-order valence-corrected chi connectivity index (χ1v) is 4.00. The van der Waals surface area contributed by atoms with Crippen LogP contribution in [0.15, 0.2) is 0 Å². The van der Waals surface area contributed by atoms with Gasteiger partial charge in [-0.2, -0.15) is 0 Å². The third-order valence-corrected chi connectivity index (χ3v) is 2.60. The van der Waals surface area contributed by atoms with Crippen molar-refractivity contribution < 1.29 is 0 Å². The summed E-state index contributed by atoms with van der Waals surface area (Å²) in [5.41, 5.74) is 0.576. The minimum atomic E-state index is 0.576. The van der Waals surface area contributed by atoms with Gasteiger partial charge in [0.15, 0.2) is 0 Å². The van der Waals surface area contributed by atoms with Crippen molar-refractivity contribution in [1.29, 1.82) is 0 Å². The first-order valence-electron chi connectivity index (χ1n) is 4.00. The van der Waals surface area contributed by atoms with Gasteiger partial charge in [0.1, 0.15) is 0 Å². The van der Waals surface area contributed by atoms with Crippen LogP contribution in [-0.2, 0) is 0 Å². The lowest BCUT2D eigenvalue weighted by molar-refractivity contribution is 0.0864. The van der Waals surface area contributed by atoms with Crippen LogP contribution in [0.3, 0.4) is 0 Å². The van der Waals surface area contributed by atoms with Crippen LogP contribution in [0.1, 0.15) is 40.5 Å². The van der Waals surface area contributed by atoms with Gasteiger partial charge < -0.3 is 0 Å². The molecule has 0 aromatic heterocycles. The molecule has 0 unspecified atom stereocenters. The highest BCUT2D eigenvalue weighted by atomic mass is 14.4. The van der Waals surface area contributed by atoms with Gasteiger partial charge in [-0.05, 0) is 30.1 Å². The van der Waals surface area contributed by atoms with Crippen molar-refractivity contribution in [3.63, 3.8) is 0 Å². The second-order valence-electron chi connectivity index (χ2n) is 4.64. The average molecular weight is 126 g/mol. The zero-order chi connectivity index (χ0) is 7.07. The number of rotatable bonds is 0. The van der Waals surface area contributed by atoms with Gasteiger partial charge in [-0.15, -0.1) is 0 Å². The molecular formula is C9H18. The van der Waals surface area contributed by atoms with E-state index in [4.69, 9.17) is 0 Å². The molecule has 0 saturated heterocycles. The molecule has 0 nitrogen and oxygen atoms in total. The van der Waals surface area contributed by atoms with Crippen LogP contribution < -0.4 is 0 Å². The molecule has 0 heteroatoms. The summed E-state index contributed by atoms with van der Waals surface area (Å²) in [5.74, 6) is 2.02. The fourth-order valence-corrected chi connectivity index (χ4v) is 1.61. The topological polar surface area (TPSA) is 0 Å². The Hall–Kier alpha value is 0. The average Bonchev–Trinajstić information content (AvgIpc) is 1.55. The summed E-state index contributed by atoms with van der Waals surface area (Å²) in [4.78, 5) is 0. The van der Waals surface area contributed by atoms with Gasteiger partial charge in [0.2, 0.25) is 0 Å². The van der Waals surface area contributed by atoms with E-state index in [2.05, 4.69) is 27.7 Å². The van der Waals surface area contributed by atoms with Crippen molar-refractivity contribution in [3.8, 4) is 0 Å². The van der Waals surface area contributed by atoms with E-state index in [1.54, 1.807) is 0 Å². The molecule has 0 bridgehead atoms. The molecule has 1 aliphatic rings. The lowest BCUT2D eigenvalue weighted by atomic mass is 9.64. The smallest absolute Gasteiger partial charge is 0.0354 e. The standard InChI is InChI=1S/C9H18/c1-7-5-8(6-7)9(2,3)4/h7-8H,5-6H2,1-4H3. The molecule has 0 aliphatic heterocycles. The van der Waals surface area contributed by atoms with Crippen LogP contribution in [-0.4, -0.2) is 0 Å². The molecule has 54 valence electrons. The van der Waals surface area contributed by atoms with Gasteiger partial charge in [-0.25, -0.2) is 0 Å². The summed E-state index contributed by atoms with van der Waals surface area (Å²) >= 11 is 0. The molecule has 9 heavy (non-hydrogen) atoms. The molecule has 1 fully saturated rings. The van der Waals surface area contributed by atoms with Crippen molar-refractivity contribution >= 4 is 0 Å². The maximum Gasteiger partial charge on any atom is -0.0354 e. The Labute approximate surface area is 58.7 Å². The zero-order valence-electron chi connectivity index (χ0n) is 7.07. The molecule has 0 heterocycles. The van der Waals surface area contributed by atoms with E-state index < -0.39 is 0 Å². The highest BCUT2D eigenvalue weighted by Gasteiger charge is 2.34. The van der Waals surface area contributed by atoms with Crippen molar-refractivity contribution in [3.05, 3.63) is 0 Å². The number of hydrogen-bond acceptors (Lipinski definition) is 0. The minimum Gasteiger partial charge on any atom is -0.0625 e. The van der Waals surface area contributed by atoms with Crippen LogP contribution in [0.25, 0.3) is 0 Å². The fraction of sp³-hybridized carbons (Fsp3) is 1.00. The zero-order valence-corrected chi connectivity index (χ0v) is 7.07. The van der Waals surface area contributed by atoms with E-state index in [-0.39, 0.29) is 0 Å². The Bertz CT molecular complexity index is 91.1. The Balaban J connectivity index is 2.32. The second-order valence-corrected chi connectivity index (χ2v) is 4.64. The SMILES string of the molecule is CC1CC(C(C)(C)C)C1. The molecule has 0 N–H and O–H groups in total. The minimum absolute atomic E-state index is 0.576. The van der Waals surface area contributed by atoms with Crippen LogP contribution in [0, 0.1) is 17.3 Å². The molecule has 0 radical (unpaired) electrons. The lowest BCUT2D eigenvalue weighted by Crippen LogP contribution is -2.32. The quantitative estimate of drug-likeness (QED) is 0.468. The van der Waals surface area contributed by atoms with Gasteiger partial charge in [0.05, 0.1) is 0 Å². The summed E-state index contributed by atoms with van der Waals surface area (Å²) in [5, 5.41) is 0. The van der Waals surface area contributed by atoms with Gasteiger partial charge >= 0.3 is 0 Å². The van der Waals surface area contributed by atoms with E-state index in [1.165, 1.54) is 12.8 Å². The van der Waals surface area contributed by atoms with Crippen molar-refractivity contribution in [2.45, 2.75) is 40.5 Å². The maximum absolute atomic E-state index is 2.35. The molecule has 0 amide bonds. The predicted molar refractivity (Wildman–Crippen MR) is 41.3 cm³/mol. The summed E-state index contributed by atoms with van der Waals surface area (Å²) < 4.78 is 0. The van der Waals surface area contributed by atoms with E-state index in [0.29, 0.717) is 5.41 Å². The molecule has 0 aromatic rings. The van der Waals surface area contributed by atoms with Crippen molar-refractivity contribution in [1.82, 2.24) is 0 Å². The third kappa shape index (κ3) is 1.47. The predicted octanol–water partition coefficient (Wildman–Crippen LogP) is 3.08. The summed E-state index contributed by atoms with van der Waals surface area (Å²) in [6.07, 6.45) is 2.92. The van der Waals surface area contributed by atoms with Gasteiger partial charge in [0, 0.05) is 0 Å². The Morgan fingerprint density at radius 1 is 1.11 bits per heavy atom. The second kappa shape index (κ2) is 2.00. The molecular weight excluding hydrogens is 108 g/mol. The van der Waals surface area contributed by atoms with E-state index in [9.17, 15) is 0 Å².